The highest BCUT2D eigenvalue weighted by Gasteiger charge is 2.40. The third kappa shape index (κ3) is 2.46. The third-order valence-electron chi connectivity index (χ3n) is 4.21. The fourth-order valence-electron chi connectivity index (χ4n) is 2.89. The largest absolute Gasteiger partial charge is 0.375 e. The van der Waals surface area contributed by atoms with Crippen molar-refractivity contribution in [1.82, 2.24) is 10.2 Å². The molecule has 5 nitrogen and oxygen atoms in total. The number of nitrogens with zero attached hydrogens (tertiary/aromatic N) is 1. The minimum absolute atomic E-state index is 0.291. The molecule has 2 fully saturated rings. The van der Waals surface area contributed by atoms with Crippen molar-refractivity contribution in [2.45, 2.75) is 43.9 Å². The van der Waals surface area contributed by atoms with Crippen molar-refractivity contribution in [3.63, 3.8) is 0 Å². The van der Waals surface area contributed by atoms with Gasteiger partial charge in [-0.05, 0) is 33.2 Å². The highest BCUT2D eigenvalue weighted by atomic mass is 16.5. The van der Waals surface area contributed by atoms with Crippen LogP contribution in [0.4, 0.5) is 0 Å². The summed E-state index contributed by atoms with van der Waals surface area (Å²) in [6.45, 7) is 4.20. The Bertz CT molecular complexity index is 297. The van der Waals surface area contributed by atoms with Crippen molar-refractivity contribution < 1.29 is 9.53 Å². The molecule has 1 saturated heterocycles. The van der Waals surface area contributed by atoms with Gasteiger partial charge in [-0.3, -0.25) is 9.69 Å². The summed E-state index contributed by atoms with van der Waals surface area (Å²) < 4.78 is 5.76. The van der Waals surface area contributed by atoms with Gasteiger partial charge in [0, 0.05) is 19.1 Å². The molecule has 1 amide bonds. The van der Waals surface area contributed by atoms with E-state index in [4.69, 9.17) is 10.5 Å². The quantitative estimate of drug-likeness (QED) is 0.709. The van der Waals surface area contributed by atoms with E-state index >= 15 is 0 Å². The molecule has 5 heteroatoms. The van der Waals surface area contributed by atoms with Crippen LogP contribution in [0.1, 0.15) is 26.2 Å². The standard InChI is InChI=1S/C12H23N3O2/c1-12(14-2,11(13)16)8-15-6-7-17-10-5-3-4-9(10)15/h9-10,14H,3-8H2,1-2H3,(H2,13,16). The number of carbonyl (C=O) groups excluding carboxylic acids is 1. The molecule has 1 saturated carbocycles. The number of likely N-dealkylation sites (N-methyl/N-ethyl adjacent to an activating group) is 1. The van der Waals surface area contributed by atoms with E-state index in [0.717, 1.165) is 19.6 Å². The van der Waals surface area contributed by atoms with E-state index in [0.29, 0.717) is 18.7 Å². The van der Waals surface area contributed by atoms with Gasteiger partial charge in [0.1, 0.15) is 5.54 Å². The molecule has 98 valence electrons. The zero-order valence-electron chi connectivity index (χ0n) is 10.7. The van der Waals surface area contributed by atoms with E-state index in [-0.39, 0.29) is 5.91 Å². The third-order valence-corrected chi connectivity index (χ3v) is 4.21. The normalized spacial score (nSPS) is 33.1. The van der Waals surface area contributed by atoms with E-state index in [9.17, 15) is 4.79 Å². The number of nitrogens with two attached hydrogens (primary N) is 1. The summed E-state index contributed by atoms with van der Waals surface area (Å²) in [6.07, 6.45) is 3.90. The average molecular weight is 241 g/mol. The number of rotatable bonds is 4. The second kappa shape index (κ2) is 4.92. The summed E-state index contributed by atoms with van der Waals surface area (Å²) >= 11 is 0. The molecule has 2 rings (SSSR count). The molecule has 3 N–H and O–H groups in total. The van der Waals surface area contributed by atoms with Crippen molar-refractivity contribution in [1.29, 1.82) is 0 Å². The van der Waals surface area contributed by atoms with Crippen LogP contribution in [0, 0.1) is 0 Å². The molecule has 0 bridgehead atoms. The lowest BCUT2D eigenvalue weighted by Gasteiger charge is -2.41. The maximum atomic E-state index is 11.5. The van der Waals surface area contributed by atoms with Gasteiger partial charge in [0.15, 0.2) is 0 Å². The van der Waals surface area contributed by atoms with Gasteiger partial charge in [-0.2, -0.15) is 0 Å². The van der Waals surface area contributed by atoms with Gasteiger partial charge in [0.05, 0.1) is 12.7 Å². The summed E-state index contributed by atoms with van der Waals surface area (Å²) in [4.78, 5) is 13.9. The lowest BCUT2D eigenvalue weighted by molar-refractivity contribution is -0.126. The van der Waals surface area contributed by atoms with Crippen molar-refractivity contribution in [3.8, 4) is 0 Å². The summed E-state index contributed by atoms with van der Waals surface area (Å²) in [7, 11) is 1.79. The topological polar surface area (TPSA) is 67.6 Å². The first-order valence-electron chi connectivity index (χ1n) is 6.41. The Kier molecular flexibility index (Phi) is 3.70. The van der Waals surface area contributed by atoms with Crippen molar-refractivity contribution in [2.75, 3.05) is 26.7 Å². The van der Waals surface area contributed by atoms with E-state index in [1.165, 1.54) is 12.8 Å². The molecule has 0 spiro atoms. The molecule has 1 aliphatic carbocycles. The van der Waals surface area contributed by atoms with Gasteiger partial charge < -0.3 is 15.8 Å². The van der Waals surface area contributed by atoms with Crippen molar-refractivity contribution in [2.24, 2.45) is 5.73 Å². The van der Waals surface area contributed by atoms with Gasteiger partial charge in [0.25, 0.3) is 0 Å². The van der Waals surface area contributed by atoms with E-state index in [1.807, 2.05) is 6.92 Å². The molecule has 17 heavy (non-hydrogen) atoms. The number of carbonyl (C=O) groups is 1. The SMILES string of the molecule is CNC(C)(CN1CCOC2CCCC21)C(N)=O. The molecule has 3 unspecified atom stereocenters. The Hall–Kier alpha value is -0.650. The number of fused-ring (bicyclic) bond motifs is 1. The van der Waals surface area contributed by atoms with Crippen molar-refractivity contribution >= 4 is 5.91 Å². The van der Waals surface area contributed by atoms with Crippen LogP contribution in [0.3, 0.4) is 0 Å². The number of hydrogen-bond acceptors (Lipinski definition) is 4. The Labute approximate surface area is 103 Å². The molecule has 0 aromatic heterocycles. The van der Waals surface area contributed by atoms with Crippen LogP contribution in [-0.2, 0) is 9.53 Å². The number of primary amides is 1. The fourth-order valence-corrected chi connectivity index (χ4v) is 2.89. The monoisotopic (exact) mass is 241 g/mol. The predicted molar refractivity (Wildman–Crippen MR) is 65.6 cm³/mol. The number of amides is 1. The smallest absolute Gasteiger partial charge is 0.238 e. The van der Waals surface area contributed by atoms with E-state index in [1.54, 1.807) is 7.05 Å². The van der Waals surface area contributed by atoms with Crippen molar-refractivity contribution in [3.05, 3.63) is 0 Å². The number of hydrogen-bond donors (Lipinski definition) is 2. The number of ether oxygens (including phenoxy) is 1. The maximum absolute atomic E-state index is 11.5. The molecule has 1 aliphatic heterocycles. The van der Waals surface area contributed by atoms with Gasteiger partial charge in [-0.1, -0.05) is 0 Å². The summed E-state index contributed by atoms with van der Waals surface area (Å²) in [6, 6.07) is 0.468. The first-order valence-corrected chi connectivity index (χ1v) is 6.41. The zero-order chi connectivity index (χ0) is 12.5. The Morgan fingerprint density at radius 1 is 1.59 bits per heavy atom. The predicted octanol–water partition coefficient (Wildman–Crippen LogP) is -0.297. The van der Waals surface area contributed by atoms with Gasteiger partial charge in [0.2, 0.25) is 5.91 Å². The zero-order valence-corrected chi connectivity index (χ0v) is 10.7. The van der Waals surface area contributed by atoms with Gasteiger partial charge in [-0.25, -0.2) is 0 Å². The van der Waals surface area contributed by atoms with Crippen LogP contribution < -0.4 is 11.1 Å². The van der Waals surface area contributed by atoms with Gasteiger partial charge in [-0.15, -0.1) is 0 Å². The first-order chi connectivity index (χ1) is 8.07. The second-order valence-corrected chi connectivity index (χ2v) is 5.32. The van der Waals surface area contributed by atoms with Crippen LogP contribution in [0.25, 0.3) is 0 Å². The van der Waals surface area contributed by atoms with E-state index in [2.05, 4.69) is 10.2 Å². The highest BCUT2D eigenvalue weighted by molar-refractivity contribution is 5.84. The average Bonchev–Trinajstić information content (AvgIpc) is 2.77. The number of morpholine rings is 1. The molecular weight excluding hydrogens is 218 g/mol. The molecule has 3 atom stereocenters. The minimum Gasteiger partial charge on any atom is -0.375 e. The van der Waals surface area contributed by atoms with Crippen LogP contribution >= 0.6 is 0 Å². The summed E-state index contributed by atoms with van der Waals surface area (Å²) in [5.74, 6) is -0.291. The maximum Gasteiger partial charge on any atom is 0.238 e. The van der Waals surface area contributed by atoms with Crippen LogP contribution in [0.2, 0.25) is 0 Å². The second-order valence-electron chi connectivity index (χ2n) is 5.32. The van der Waals surface area contributed by atoms with Crippen LogP contribution in [0.5, 0.6) is 0 Å². The molecule has 1 heterocycles. The lowest BCUT2D eigenvalue weighted by atomic mass is 9.99. The number of nitrogens with one attached hydrogen (secondary N) is 1. The molecule has 2 aliphatic rings. The summed E-state index contributed by atoms with van der Waals surface area (Å²) in [5, 5.41) is 3.05. The van der Waals surface area contributed by atoms with Gasteiger partial charge >= 0.3 is 0 Å². The Balaban J connectivity index is 2.04. The molecular formula is C12H23N3O2. The highest BCUT2D eigenvalue weighted by Crippen LogP contribution is 2.30. The molecule has 0 radical (unpaired) electrons. The van der Waals surface area contributed by atoms with Crippen LogP contribution in [0.15, 0.2) is 0 Å². The molecule has 0 aromatic rings. The first kappa shape index (κ1) is 12.8. The Morgan fingerprint density at radius 3 is 3.00 bits per heavy atom. The van der Waals surface area contributed by atoms with Crippen LogP contribution in [-0.4, -0.2) is 55.2 Å². The lowest BCUT2D eigenvalue weighted by Crippen LogP contribution is -2.62. The molecule has 0 aromatic carbocycles. The van der Waals surface area contributed by atoms with E-state index < -0.39 is 5.54 Å². The Morgan fingerprint density at radius 2 is 2.35 bits per heavy atom. The minimum atomic E-state index is -0.648. The fraction of sp³-hybridized carbons (Fsp3) is 0.917. The summed E-state index contributed by atoms with van der Waals surface area (Å²) in [5.41, 5.74) is 4.83.